The zero-order chi connectivity index (χ0) is 77.8. The summed E-state index contributed by atoms with van der Waals surface area (Å²) >= 11 is 0. The maximum Gasteiger partial charge on any atom is 0.164 e. The normalized spacial score (nSPS) is 13.1. The van der Waals surface area contributed by atoms with Crippen molar-refractivity contribution in [3.8, 4) is 138 Å². The van der Waals surface area contributed by atoms with Crippen molar-refractivity contribution in [3.63, 3.8) is 0 Å². The predicted molar refractivity (Wildman–Crippen MR) is 452 cm³/mol. The Morgan fingerprint density at radius 2 is 0.366 bits per heavy atom. The molecule has 6 aromatic heterocycles. The highest BCUT2D eigenvalue weighted by molar-refractivity contribution is 6.10. The highest BCUT2D eigenvalue weighted by Crippen LogP contribution is 2.45. The van der Waals surface area contributed by atoms with Gasteiger partial charge in [0.25, 0.3) is 0 Å². The number of aromatic amines is 4. The van der Waals surface area contributed by atoms with Gasteiger partial charge in [0.05, 0.1) is 0 Å². The van der Waals surface area contributed by atoms with E-state index in [0.29, 0.717) is 114 Å². The van der Waals surface area contributed by atoms with Gasteiger partial charge in [0, 0.05) is 110 Å². The van der Waals surface area contributed by atoms with Crippen LogP contribution in [0, 0.1) is 47.4 Å². The van der Waals surface area contributed by atoms with Crippen LogP contribution in [0.25, 0.3) is 179 Å². The van der Waals surface area contributed by atoms with Crippen molar-refractivity contribution in [2.24, 2.45) is 0 Å². The van der Waals surface area contributed by atoms with Crippen LogP contribution in [-0.2, 0) is 32.5 Å². The minimum absolute atomic E-state index is 0.146. The van der Waals surface area contributed by atoms with Crippen LogP contribution in [0.3, 0.4) is 0 Å². The van der Waals surface area contributed by atoms with Gasteiger partial charge in [-0.25, -0.2) is 59.8 Å². The monoisotopic (exact) mass is 1460 g/mol. The second-order valence-electron chi connectivity index (χ2n) is 36.2. The lowest BCUT2D eigenvalue weighted by Gasteiger charge is -2.19. The van der Waals surface area contributed by atoms with Crippen molar-refractivity contribution in [3.05, 3.63) is 189 Å². The number of hydrogen-bond donors (Lipinski definition) is 4. The third-order valence-corrected chi connectivity index (χ3v) is 22.0. The fourth-order valence-electron chi connectivity index (χ4n) is 15.3. The Balaban J connectivity index is 0.831. The van der Waals surface area contributed by atoms with Gasteiger partial charge >= 0.3 is 0 Å². The van der Waals surface area contributed by atoms with Crippen LogP contribution in [0.1, 0.15) is 180 Å². The summed E-state index contributed by atoms with van der Waals surface area (Å²) in [5.74, 6) is 30.7. The number of aromatic nitrogens is 16. The van der Waals surface area contributed by atoms with Crippen molar-refractivity contribution in [1.82, 2.24) is 79.7 Å². The van der Waals surface area contributed by atoms with Gasteiger partial charge in [0.2, 0.25) is 0 Å². The predicted octanol–water partition coefficient (Wildman–Crippen LogP) is 21.0. The molecule has 16 bridgehead atoms. The molecule has 16 heteroatoms. The van der Waals surface area contributed by atoms with E-state index in [1.165, 1.54) is 0 Å². The van der Waals surface area contributed by atoms with E-state index in [-0.39, 0.29) is 32.5 Å². The van der Waals surface area contributed by atoms with Crippen molar-refractivity contribution in [1.29, 1.82) is 0 Å². The first-order valence-corrected chi connectivity index (χ1v) is 38.1. The van der Waals surface area contributed by atoms with E-state index in [4.69, 9.17) is 59.8 Å². The van der Waals surface area contributed by atoms with Gasteiger partial charge in [-0.2, -0.15) is 0 Å². The highest BCUT2D eigenvalue weighted by atomic mass is 15.1. The van der Waals surface area contributed by atoms with E-state index in [1.54, 1.807) is 0 Å². The Labute approximate surface area is 648 Å². The summed E-state index contributed by atoms with van der Waals surface area (Å²) in [6, 6.07) is 46.9. The molecule has 0 amide bonds. The van der Waals surface area contributed by atoms with Crippen molar-refractivity contribution in [2.45, 2.75) is 157 Å². The van der Waals surface area contributed by atoms with Crippen LogP contribution in [0.2, 0.25) is 0 Å². The molecule has 14 aromatic rings. The molecule has 16 nitrogen and oxygen atoms in total. The Hall–Kier alpha value is -13.3. The summed E-state index contributed by atoms with van der Waals surface area (Å²) in [4.78, 5) is 79.7. The molecule has 0 radical (unpaired) electrons. The number of hydrogen-bond acceptors (Lipinski definition) is 12. The number of nitrogens with zero attached hydrogens (tertiary/aromatic N) is 12. The molecule has 0 fully saturated rings. The van der Waals surface area contributed by atoms with Crippen LogP contribution in [0.15, 0.2) is 133 Å². The van der Waals surface area contributed by atoms with Crippen molar-refractivity contribution < 1.29 is 0 Å². The van der Waals surface area contributed by atoms with Crippen LogP contribution < -0.4 is 0 Å². The van der Waals surface area contributed by atoms with Crippen LogP contribution >= 0.6 is 0 Å². The lowest BCUT2D eigenvalue weighted by Crippen LogP contribution is -2.10. The number of fused-ring (bicyclic) bond motifs is 42. The molecule has 4 aliphatic heterocycles. The van der Waals surface area contributed by atoms with E-state index in [9.17, 15) is 0 Å². The summed E-state index contributed by atoms with van der Waals surface area (Å²) < 4.78 is 0. The molecule has 1 aliphatic carbocycles. The lowest BCUT2D eigenvalue weighted by atomic mass is 9.85. The second-order valence-corrected chi connectivity index (χ2v) is 36.2. The van der Waals surface area contributed by atoms with Crippen LogP contribution in [-0.4, -0.2) is 79.7 Å². The van der Waals surface area contributed by atoms with E-state index in [1.807, 2.05) is 24.3 Å². The summed E-state index contributed by atoms with van der Waals surface area (Å²) in [5.41, 5.74) is 19.7. The van der Waals surface area contributed by atoms with Gasteiger partial charge in [-0.3, -0.25) is 0 Å². The third kappa shape index (κ3) is 11.7. The van der Waals surface area contributed by atoms with E-state index in [0.717, 1.165) is 121 Å². The van der Waals surface area contributed by atoms with Gasteiger partial charge in [0.15, 0.2) is 46.6 Å². The SMILES string of the molecule is CC(C)(C)c1ccc2c(c1)-c1nc-2nc2[nH]c(nc3nc(nc4[nH]c(n1)c1ccc(C(C)(C)C)cc41)-c1cc(C(C)(C)C)ccc1-3)c1cc3c(cc21)C#CC#Cc1cc2c4nc5nc(nc6[nH]c(nc7nc(nc([nH]4)c2cc1C#CC#C3)-c1ccc(C(C)(C)C)cc1-7)c1cc(C(C)(C)C)ccc61)-c1cc(C(C)(C)C)ccc1-5. The maximum atomic E-state index is 5.47. The number of rotatable bonds is 0. The van der Waals surface area contributed by atoms with Crippen molar-refractivity contribution in [2.75, 3.05) is 0 Å². The molecule has 0 unspecified atom stereocenters. The molecule has 0 saturated carbocycles. The lowest BCUT2D eigenvalue weighted by molar-refractivity contribution is 0.590. The molecule has 544 valence electrons. The second kappa shape index (κ2) is 24.1. The standard InChI is InChI=1S/C96H80N16/c1-91(2,3)53-27-33-59-69(43-53)85-101-75(59)97-81-65-39-49-23-19-20-24-50-40-66-68(42-52(50)26-22-21-25-51(49)41-67(65)83(109-81)99-77-61-35-29-55(93(7,8)9)45-71(61)87(105-77)111-89-73-47-57(95(13,14)15)31-37-63(73)79(103-85)107-89)84-100-78-62-36-30-56(94(10,11)12)46-72(62)88(106-78)112-90-74-48-58(96(16,17)18)32-38-64(74)80(108-90)104-86-70-44-54(92(4,5)6)28-34-60(70)76(102-86)98-82(66)110-84/h27-48H,1-18H3,(H2,97,99,101,103,105,107,109,111)(H2,98,100,102,104,106,108,110,112). The van der Waals surface area contributed by atoms with Gasteiger partial charge in [-0.1, -0.05) is 221 Å². The molecular weight excluding hydrogens is 1380 g/mol. The topological polar surface area (TPSA) is 218 Å². The molecular formula is C96H80N16. The minimum Gasteiger partial charge on any atom is -0.324 e. The summed E-state index contributed by atoms with van der Waals surface area (Å²) in [6.45, 7) is 39.9. The molecule has 4 N–H and O–H groups in total. The zero-order valence-electron chi connectivity index (χ0n) is 66.1. The minimum atomic E-state index is -0.176. The van der Waals surface area contributed by atoms with Gasteiger partial charge in [-0.05, 0) is 150 Å². The maximum absolute atomic E-state index is 5.47. The van der Waals surface area contributed by atoms with E-state index >= 15 is 0 Å². The summed E-state index contributed by atoms with van der Waals surface area (Å²) in [7, 11) is 0. The first-order valence-electron chi connectivity index (χ1n) is 38.1. The quantitative estimate of drug-likeness (QED) is 0.104. The van der Waals surface area contributed by atoms with E-state index < -0.39 is 0 Å². The highest BCUT2D eigenvalue weighted by Gasteiger charge is 2.31. The van der Waals surface area contributed by atoms with E-state index in [2.05, 4.69) is 301 Å². The fourth-order valence-corrected chi connectivity index (χ4v) is 15.3. The van der Waals surface area contributed by atoms with Gasteiger partial charge < -0.3 is 19.9 Å². The summed E-state index contributed by atoms with van der Waals surface area (Å²) in [6.07, 6.45) is 0. The molecule has 19 rings (SSSR count). The molecule has 5 aliphatic rings. The van der Waals surface area contributed by atoms with Gasteiger partial charge in [-0.15, -0.1) is 0 Å². The third-order valence-electron chi connectivity index (χ3n) is 22.0. The number of nitrogens with one attached hydrogen (secondary N) is 4. The Bertz CT molecular complexity index is 6850. The molecule has 8 aromatic carbocycles. The molecule has 0 spiro atoms. The Morgan fingerprint density at radius 1 is 0.188 bits per heavy atom. The molecule has 0 saturated heterocycles. The smallest absolute Gasteiger partial charge is 0.164 e. The van der Waals surface area contributed by atoms with Crippen LogP contribution in [0.5, 0.6) is 0 Å². The Morgan fingerprint density at radius 3 is 0.580 bits per heavy atom. The van der Waals surface area contributed by atoms with Gasteiger partial charge in [0.1, 0.15) is 45.2 Å². The molecule has 0 atom stereocenters. The zero-order valence-corrected chi connectivity index (χ0v) is 66.1. The molecule has 10 heterocycles. The Kier molecular flexibility index (Phi) is 14.9. The molecule has 112 heavy (non-hydrogen) atoms. The summed E-state index contributed by atoms with van der Waals surface area (Å²) in [5, 5.41) is 6.58. The first-order chi connectivity index (χ1) is 53.2. The van der Waals surface area contributed by atoms with Crippen molar-refractivity contribution >= 4 is 88.3 Å². The first kappa shape index (κ1) is 69.2. The average Bonchev–Trinajstić information content (AvgIpc) is 1.59. The number of H-pyrrole nitrogens is 4. The number of benzene rings is 8. The van der Waals surface area contributed by atoms with Crippen LogP contribution in [0.4, 0.5) is 0 Å². The average molecular weight is 1460 g/mol. The largest absolute Gasteiger partial charge is 0.324 e. The fraction of sp³-hybridized carbons (Fsp3) is 0.250.